The van der Waals surface area contributed by atoms with Gasteiger partial charge in [-0.2, -0.15) is 0 Å². The van der Waals surface area contributed by atoms with Gasteiger partial charge in [-0.1, -0.05) is 31.0 Å². The molecule has 0 saturated carbocycles. The molecule has 1 aliphatic rings. The van der Waals surface area contributed by atoms with Crippen LogP contribution in [0, 0.1) is 0 Å². The third-order valence-electron chi connectivity index (χ3n) is 3.81. The number of fused-ring (bicyclic) bond motifs is 1. The van der Waals surface area contributed by atoms with Gasteiger partial charge in [0.05, 0.1) is 0 Å². The number of aromatic nitrogens is 1. The number of carbonyl (C=O) groups is 1. The first-order valence-corrected chi connectivity index (χ1v) is 7.14. The number of likely N-dealkylation sites (tertiary alicyclic amines) is 1. The van der Waals surface area contributed by atoms with Crippen LogP contribution in [0.3, 0.4) is 0 Å². The lowest BCUT2D eigenvalue weighted by molar-refractivity contribution is 0.0756. The molecule has 0 unspecified atom stereocenters. The minimum absolute atomic E-state index is 0.0305. The van der Waals surface area contributed by atoms with Gasteiger partial charge in [0.25, 0.3) is 5.91 Å². The summed E-state index contributed by atoms with van der Waals surface area (Å²) < 4.78 is 0. The predicted octanol–water partition coefficient (Wildman–Crippen LogP) is 2.96. The average molecular weight is 270 g/mol. The Bertz CT molecular complexity index is 631. The Hall–Kier alpha value is -2.10. The number of benzene rings is 1. The molecule has 1 aliphatic heterocycles. The number of amides is 1. The normalized spacial score (nSPS) is 16.1. The maximum absolute atomic E-state index is 12.5. The van der Waals surface area contributed by atoms with Crippen LogP contribution in [0.1, 0.15) is 36.2 Å². The van der Waals surface area contributed by atoms with Crippen LogP contribution in [0.5, 0.6) is 5.75 Å². The number of hydrogen-bond acceptors (Lipinski definition) is 3. The number of para-hydroxylation sites is 1. The van der Waals surface area contributed by atoms with Gasteiger partial charge in [-0.3, -0.25) is 4.79 Å². The summed E-state index contributed by atoms with van der Waals surface area (Å²) in [6.07, 6.45) is 4.50. The molecule has 4 nitrogen and oxygen atoms in total. The van der Waals surface area contributed by atoms with Gasteiger partial charge in [0.1, 0.15) is 17.0 Å². The summed E-state index contributed by atoms with van der Waals surface area (Å²) in [7, 11) is 0. The Labute approximate surface area is 118 Å². The van der Waals surface area contributed by atoms with E-state index in [2.05, 4.69) is 4.98 Å². The minimum Gasteiger partial charge on any atom is -0.506 e. The zero-order chi connectivity index (χ0) is 13.9. The monoisotopic (exact) mass is 270 g/mol. The molecule has 4 heteroatoms. The number of hydrogen-bond donors (Lipinski definition) is 1. The highest BCUT2D eigenvalue weighted by Gasteiger charge is 2.18. The molecule has 0 spiro atoms. The molecule has 0 aliphatic carbocycles. The quantitative estimate of drug-likeness (QED) is 0.866. The lowest BCUT2D eigenvalue weighted by atomic mass is 10.2. The van der Waals surface area contributed by atoms with Crippen LogP contribution in [-0.2, 0) is 0 Å². The Balaban J connectivity index is 1.93. The van der Waals surface area contributed by atoms with Gasteiger partial charge in [-0.15, -0.1) is 0 Å². The van der Waals surface area contributed by atoms with Gasteiger partial charge >= 0.3 is 0 Å². The van der Waals surface area contributed by atoms with Crippen molar-refractivity contribution in [2.45, 2.75) is 25.7 Å². The molecule has 2 aromatic rings. The molecule has 1 fully saturated rings. The van der Waals surface area contributed by atoms with Gasteiger partial charge in [-0.05, 0) is 25.0 Å². The Morgan fingerprint density at radius 3 is 2.55 bits per heavy atom. The van der Waals surface area contributed by atoms with Crippen molar-refractivity contribution in [3.05, 3.63) is 36.0 Å². The van der Waals surface area contributed by atoms with Crippen molar-refractivity contribution < 1.29 is 9.90 Å². The van der Waals surface area contributed by atoms with Crippen molar-refractivity contribution in [1.82, 2.24) is 9.88 Å². The zero-order valence-electron chi connectivity index (χ0n) is 11.4. The lowest BCUT2D eigenvalue weighted by Crippen LogP contribution is -2.32. The second-order valence-electron chi connectivity index (χ2n) is 5.25. The number of nitrogens with zero attached hydrogens (tertiary/aromatic N) is 2. The Kier molecular flexibility index (Phi) is 3.54. The predicted molar refractivity (Wildman–Crippen MR) is 77.8 cm³/mol. The van der Waals surface area contributed by atoms with Gasteiger partial charge in [-0.25, -0.2) is 4.98 Å². The van der Waals surface area contributed by atoms with Crippen LogP contribution in [0.2, 0.25) is 0 Å². The van der Waals surface area contributed by atoms with E-state index < -0.39 is 0 Å². The number of aromatic hydroxyl groups is 1. The third-order valence-corrected chi connectivity index (χ3v) is 3.81. The molecule has 0 bridgehead atoms. The van der Waals surface area contributed by atoms with Crippen LogP contribution >= 0.6 is 0 Å². The number of carbonyl (C=O) groups excluding carboxylic acids is 1. The van der Waals surface area contributed by atoms with Crippen LogP contribution in [-0.4, -0.2) is 34.0 Å². The molecule has 20 heavy (non-hydrogen) atoms. The SMILES string of the molecule is O=C(c1ccc2cccc(O)c2n1)N1CCCCCC1. The smallest absolute Gasteiger partial charge is 0.272 e. The highest BCUT2D eigenvalue weighted by Crippen LogP contribution is 2.23. The highest BCUT2D eigenvalue weighted by atomic mass is 16.3. The molecule has 1 aromatic carbocycles. The summed E-state index contributed by atoms with van der Waals surface area (Å²) in [4.78, 5) is 18.7. The molecule has 0 radical (unpaired) electrons. The highest BCUT2D eigenvalue weighted by molar-refractivity contribution is 5.95. The van der Waals surface area contributed by atoms with Crippen molar-refractivity contribution in [1.29, 1.82) is 0 Å². The number of phenols is 1. The molecule has 104 valence electrons. The van der Waals surface area contributed by atoms with Gasteiger partial charge in [0.2, 0.25) is 0 Å². The summed E-state index contributed by atoms with van der Waals surface area (Å²) in [6, 6.07) is 8.83. The second kappa shape index (κ2) is 5.49. The lowest BCUT2D eigenvalue weighted by Gasteiger charge is -2.19. The Morgan fingerprint density at radius 2 is 1.80 bits per heavy atom. The summed E-state index contributed by atoms with van der Waals surface area (Å²) in [6.45, 7) is 1.61. The maximum Gasteiger partial charge on any atom is 0.272 e. The largest absolute Gasteiger partial charge is 0.506 e. The first kappa shape index (κ1) is 12.9. The summed E-state index contributed by atoms with van der Waals surface area (Å²) >= 11 is 0. The average Bonchev–Trinajstić information content (AvgIpc) is 2.76. The third kappa shape index (κ3) is 2.46. The van der Waals surface area contributed by atoms with E-state index in [0.717, 1.165) is 31.3 Å². The first-order valence-electron chi connectivity index (χ1n) is 7.14. The molecular weight excluding hydrogens is 252 g/mol. The second-order valence-corrected chi connectivity index (χ2v) is 5.25. The van der Waals surface area contributed by atoms with E-state index in [0.29, 0.717) is 11.2 Å². The van der Waals surface area contributed by atoms with Gasteiger partial charge in [0.15, 0.2) is 0 Å². The zero-order valence-corrected chi connectivity index (χ0v) is 11.4. The molecule has 1 N–H and O–H groups in total. The summed E-state index contributed by atoms with van der Waals surface area (Å²) in [5, 5.41) is 10.7. The van der Waals surface area contributed by atoms with E-state index in [1.54, 1.807) is 18.2 Å². The first-order chi connectivity index (χ1) is 9.75. The van der Waals surface area contributed by atoms with Gasteiger partial charge in [0, 0.05) is 18.5 Å². The number of rotatable bonds is 1. The van der Waals surface area contributed by atoms with E-state index in [4.69, 9.17) is 0 Å². The van der Waals surface area contributed by atoms with Crippen LogP contribution in [0.15, 0.2) is 30.3 Å². The van der Waals surface area contributed by atoms with Crippen molar-refractivity contribution in [2.24, 2.45) is 0 Å². The molecule has 1 saturated heterocycles. The van der Waals surface area contributed by atoms with Crippen LogP contribution in [0.4, 0.5) is 0 Å². The molecule has 2 heterocycles. The summed E-state index contributed by atoms with van der Waals surface area (Å²) in [5.41, 5.74) is 0.911. The fraction of sp³-hybridized carbons (Fsp3) is 0.375. The fourth-order valence-electron chi connectivity index (χ4n) is 2.69. The van der Waals surface area contributed by atoms with Crippen molar-refractivity contribution in [3.63, 3.8) is 0 Å². The fourth-order valence-corrected chi connectivity index (χ4v) is 2.69. The molecule has 1 amide bonds. The van der Waals surface area contributed by atoms with E-state index in [9.17, 15) is 9.90 Å². The summed E-state index contributed by atoms with van der Waals surface area (Å²) in [5.74, 6) is 0.0880. The number of pyridine rings is 1. The standard InChI is InChI=1S/C16H18N2O2/c19-14-7-5-6-12-8-9-13(17-15(12)14)16(20)18-10-3-1-2-4-11-18/h5-9,19H,1-4,10-11H2. The van der Waals surface area contributed by atoms with Crippen LogP contribution in [0.25, 0.3) is 10.9 Å². The maximum atomic E-state index is 12.5. The van der Waals surface area contributed by atoms with Crippen molar-refractivity contribution in [3.8, 4) is 5.75 Å². The van der Waals surface area contributed by atoms with Gasteiger partial charge < -0.3 is 10.0 Å². The van der Waals surface area contributed by atoms with E-state index in [1.807, 2.05) is 17.0 Å². The van der Waals surface area contributed by atoms with Crippen LogP contribution < -0.4 is 0 Å². The Morgan fingerprint density at radius 1 is 1.05 bits per heavy atom. The molecule has 1 aromatic heterocycles. The molecule has 0 atom stereocenters. The van der Waals surface area contributed by atoms with Crippen molar-refractivity contribution in [2.75, 3.05) is 13.1 Å². The van der Waals surface area contributed by atoms with E-state index in [-0.39, 0.29) is 11.7 Å². The van der Waals surface area contributed by atoms with E-state index >= 15 is 0 Å². The topological polar surface area (TPSA) is 53.4 Å². The minimum atomic E-state index is -0.0305. The molecular formula is C16H18N2O2. The molecule has 3 rings (SSSR count). The van der Waals surface area contributed by atoms with E-state index in [1.165, 1.54) is 12.8 Å². The number of phenolic OH excluding ortho intramolecular Hbond substituents is 1. The van der Waals surface area contributed by atoms with Crippen molar-refractivity contribution >= 4 is 16.8 Å².